The molecule has 0 fully saturated rings. The maximum absolute atomic E-state index is 12.6. The summed E-state index contributed by atoms with van der Waals surface area (Å²) in [4.78, 5) is 36.3. The summed E-state index contributed by atoms with van der Waals surface area (Å²) < 4.78 is 5.54. The van der Waals surface area contributed by atoms with Crippen molar-refractivity contribution < 1.29 is 24.2 Å². The fraction of sp³-hybridized carbons (Fsp3) is 0.400. The summed E-state index contributed by atoms with van der Waals surface area (Å²) in [5.74, 6) is -1.78. The number of fused-ring (bicyclic) bond motifs is 3. The summed E-state index contributed by atoms with van der Waals surface area (Å²) in [6, 6.07) is 14.1. The molecule has 0 spiro atoms. The third kappa shape index (κ3) is 5.46. The predicted octanol–water partition coefficient (Wildman–Crippen LogP) is 3.92. The number of carboxylic acids is 1. The first-order chi connectivity index (χ1) is 15.1. The normalized spacial score (nSPS) is 14.6. The number of hydrogen-bond donors (Lipinski definition) is 3. The first kappa shape index (κ1) is 23.3. The molecule has 1 aliphatic rings. The van der Waals surface area contributed by atoms with Crippen molar-refractivity contribution >= 4 is 18.0 Å². The van der Waals surface area contributed by atoms with Crippen molar-refractivity contribution in [3.05, 3.63) is 59.7 Å². The lowest BCUT2D eigenvalue weighted by Gasteiger charge is -2.26. The molecule has 2 aromatic rings. The second-order valence-corrected chi connectivity index (χ2v) is 9.36. The number of benzene rings is 2. The minimum Gasteiger partial charge on any atom is -0.480 e. The molecule has 2 atom stereocenters. The van der Waals surface area contributed by atoms with Gasteiger partial charge in [-0.15, -0.1) is 0 Å². The molecule has 32 heavy (non-hydrogen) atoms. The van der Waals surface area contributed by atoms with E-state index in [1.165, 1.54) is 6.92 Å². The first-order valence-corrected chi connectivity index (χ1v) is 10.7. The van der Waals surface area contributed by atoms with Gasteiger partial charge in [0, 0.05) is 5.92 Å². The minimum absolute atomic E-state index is 0.0879. The molecule has 3 rings (SSSR count). The van der Waals surface area contributed by atoms with Crippen LogP contribution in [0, 0.1) is 5.41 Å². The van der Waals surface area contributed by atoms with E-state index in [4.69, 9.17) is 9.84 Å². The lowest BCUT2D eigenvalue weighted by molar-refractivity contribution is -0.141. The molecule has 170 valence electrons. The van der Waals surface area contributed by atoms with Crippen LogP contribution in [0.5, 0.6) is 0 Å². The zero-order valence-electron chi connectivity index (χ0n) is 18.8. The van der Waals surface area contributed by atoms with Crippen molar-refractivity contribution in [2.75, 3.05) is 6.61 Å². The molecule has 0 bridgehead atoms. The average Bonchev–Trinajstić information content (AvgIpc) is 3.04. The minimum atomic E-state index is -1.14. The van der Waals surface area contributed by atoms with Gasteiger partial charge in [0.15, 0.2) is 0 Å². The van der Waals surface area contributed by atoms with Gasteiger partial charge in [-0.3, -0.25) is 9.59 Å². The van der Waals surface area contributed by atoms with Crippen LogP contribution in [-0.4, -0.2) is 41.8 Å². The van der Waals surface area contributed by atoms with Crippen LogP contribution in [0.2, 0.25) is 0 Å². The molecule has 2 aromatic carbocycles. The number of alkyl carbamates (subject to hydrolysis) is 1. The van der Waals surface area contributed by atoms with Crippen molar-refractivity contribution in [1.82, 2.24) is 10.6 Å². The molecule has 3 N–H and O–H groups in total. The van der Waals surface area contributed by atoms with Crippen LogP contribution in [0.4, 0.5) is 4.79 Å². The number of ether oxygens (including phenoxy) is 1. The van der Waals surface area contributed by atoms with E-state index in [1.807, 2.05) is 57.2 Å². The Kier molecular flexibility index (Phi) is 6.87. The van der Waals surface area contributed by atoms with Crippen molar-refractivity contribution in [2.24, 2.45) is 5.41 Å². The van der Waals surface area contributed by atoms with Crippen LogP contribution in [0.25, 0.3) is 11.1 Å². The van der Waals surface area contributed by atoms with Gasteiger partial charge in [0.25, 0.3) is 0 Å². The Morgan fingerprint density at radius 2 is 1.50 bits per heavy atom. The molecule has 0 saturated heterocycles. The molecule has 1 aliphatic carbocycles. The Bertz CT molecular complexity index is 966. The van der Waals surface area contributed by atoms with Crippen LogP contribution >= 0.6 is 0 Å². The average molecular weight is 439 g/mol. The maximum atomic E-state index is 12.6. The lowest BCUT2D eigenvalue weighted by Crippen LogP contribution is -2.52. The number of hydrogen-bond acceptors (Lipinski definition) is 4. The fourth-order valence-electron chi connectivity index (χ4n) is 3.98. The third-order valence-electron chi connectivity index (χ3n) is 5.50. The summed E-state index contributed by atoms with van der Waals surface area (Å²) >= 11 is 0. The summed E-state index contributed by atoms with van der Waals surface area (Å²) in [6.45, 7) is 7.32. The molecular weight excluding hydrogens is 408 g/mol. The smallest absolute Gasteiger partial charge is 0.407 e. The molecule has 7 nitrogen and oxygen atoms in total. The largest absolute Gasteiger partial charge is 0.480 e. The van der Waals surface area contributed by atoms with Gasteiger partial charge in [-0.1, -0.05) is 69.3 Å². The van der Waals surface area contributed by atoms with E-state index in [1.54, 1.807) is 0 Å². The van der Waals surface area contributed by atoms with Gasteiger partial charge in [0.2, 0.25) is 5.91 Å². The summed E-state index contributed by atoms with van der Waals surface area (Å²) in [5, 5.41) is 14.1. The van der Waals surface area contributed by atoms with E-state index in [2.05, 4.69) is 22.8 Å². The van der Waals surface area contributed by atoms with E-state index < -0.39 is 30.1 Å². The Hall–Kier alpha value is -3.35. The molecular formula is C25H30N2O5. The lowest BCUT2D eigenvalue weighted by atomic mass is 9.87. The zero-order valence-corrected chi connectivity index (χ0v) is 18.8. The highest BCUT2D eigenvalue weighted by Gasteiger charge is 2.31. The van der Waals surface area contributed by atoms with Crippen molar-refractivity contribution in [3.63, 3.8) is 0 Å². The van der Waals surface area contributed by atoms with Crippen LogP contribution in [0.15, 0.2) is 48.5 Å². The number of aliphatic carboxylic acids is 1. The van der Waals surface area contributed by atoms with Crippen LogP contribution in [-0.2, 0) is 14.3 Å². The number of carboxylic acid groups (broad SMARTS) is 1. The van der Waals surface area contributed by atoms with Crippen molar-refractivity contribution in [1.29, 1.82) is 0 Å². The van der Waals surface area contributed by atoms with Gasteiger partial charge < -0.3 is 20.5 Å². The monoisotopic (exact) mass is 438 g/mol. The maximum Gasteiger partial charge on any atom is 0.407 e. The van der Waals surface area contributed by atoms with Gasteiger partial charge in [0.1, 0.15) is 18.7 Å². The molecule has 0 radical (unpaired) electrons. The van der Waals surface area contributed by atoms with E-state index in [0.29, 0.717) is 6.42 Å². The highest BCUT2D eigenvalue weighted by molar-refractivity contribution is 5.89. The van der Waals surface area contributed by atoms with Crippen molar-refractivity contribution in [3.8, 4) is 11.1 Å². The van der Waals surface area contributed by atoms with Crippen LogP contribution in [0.1, 0.15) is 51.2 Å². The van der Waals surface area contributed by atoms with Gasteiger partial charge in [-0.25, -0.2) is 4.79 Å². The van der Waals surface area contributed by atoms with Crippen LogP contribution < -0.4 is 10.6 Å². The fourth-order valence-corrected chi connectivity index (χ4v) is 3.98. The summed E-state index contributed by atoms with van der Waals surface area (Å²) in [7, 11) is 0. The van der Waals surface area contributed by atoms with Gasteiger partial charge in [-0.2, -0.15) is 0 Å². The molecule has 0 heterocycles. The second kappa shape index (κ2) is 9.42. The van der Waals surface area contributed by atoms with Crippen molar-refractivity contribution in [2.45, 2.75) is 52.1 Å². The molecule has 2 unspecified atom stereocenters. The van der Waals surface area contributed by atoms with E-state index in [9.17, 15) is 14.4 Å². The third-order valence-corrected chi connectivity index (χ3v) is 5.50. The quantitative estimate of drug-likeness (QED) is 0.608. The highest BCUT2D eigenvalue weighted by atomic mass is 16.5. The van der Waals surface area contributed by atoms with Gasteiger partial charge in [-0.05, 0) is 41.0 Å². The Labute approximate surface area is 188 Å². The Morgan fingerprint density at radius 1 is 0.969 bits per heavy atom. The first-order valence-electron chi connectivity index (χ1n) is 10.7. The van der Waals surface area contributed by atoms with Gasteiger partial charge >= 0.3 is 12.1 Å². The van der Waals surface area contributed by atoms with Gasteiger partial charge in [0.05, 0.1) is 0 Å². The highest BCUT2D eigenvalue weighted by Crippen LogP contribution is 2.44. The standard InChI is InChI=1S/C25H30N2O5/c1-15(23(29)30)26-22(28)21(13-25(2,3)4)27-24(31)32-14-20-18-11-7-5-9-16(18)17-10-6-8-12-19(17)20/h5-12,15,20-21H,13-14H2,1-4H3,(H,26,28)(H,27,31)(H,29,30). The summed E-state index contributed by atoms with van der Waals surface area (Å²) in [5.41, 5.74) is 4.18. The molecule has 2 amide bonds. The number of carbonyl (C=O) groups is 3. The van der Waals surface area contributed by atoms with Crippen LogP contribution in [0.3, 0.4) is 0 Å². The van der Waals surface area contributed by atoms with E-state index in [0.717, 1.165) is 22.3 Å². The predicted molar refractivity (Wildman–Crippen MR) is 121 cm³/mol. The Morgan fingerprint density at radius 3 is 2.00 bits per heavy atom. The van der Waals surface area contributed by atoms with E-state index >= 15 is 0 Å². The molecule has 0 aromatic heterocycles. The number of carbonyl (C=O) groups excluding carboxylic acids is 2. The molecule has 7 heteroatoms. The molecule has 0 saturated carbocycles. The summed E-state index contributed by atoms with van der Waals surface area (Å²) in [6.07, 6.45) is -0.380. The molecule has 0 aliphatic heterocycles. The topological polar surface area (TPSA) is 105 Å². The number of nitrogens with one attached hydrogen (secondary N) is 2. The number of amides is 2. The number of rotatable bonds is 7. The SMILES string of the molecule is CC(NC(=O)C(CC(C)(C)C)NC(=O)OCC1c2ccccc2-c2ccccc21)C(=O)O. The Balaban J connectivity index is 1.69. The van der Waals surface area contributed by atoms with E-state index in [-0.39, 0.29) is 17.9 Å². The second-order valence-electron chi connectivity index (χ2n) is 9.36. The zero-order chi connectivity index (χ0) is 23.5.